The smallest absolute Gasteiger partial charge is 0.270 e. The zero-order chi connectivity index (χ0) is 16.4. The van der Waals surface area contributed by atoms with Gasteiger partial charge in [0.05, 0.1) is 22.2 Å². The van der Waals surface area contributed by atoms with Gasteiger partial charge in [0.1, 0.15) is 6.54 Å². The molecule has 0 spiro atoms. The van der Waals surface area contributed by atoms with Gasteiger partial charge in [-0.05, 0) is 12.5 Å². The Morgan fingerprint density at radius 2 is 2.22 bits per heavy atom. The Morgan fingerprint density at radius 3 is 2.96 bits per heavy atom. The highest BCUT2D eigenvalue weighted by molar-refractivity contribution is 5.79. The molecule has 9 nitrogen and oxygen atoms in total. The molecule has 0 atom stereocenters. The molecule has 0 bridgehead atoms. The second kappa shape index (κ2) is 5.95. The molecule has 0 N–H and O–H groups in total. The number of aryl methyl sites for hydroxylation is 1. The number of nitrogens with zero attached hydrogens (tertiary/aromatic N) is 5. The highest BCUT2D eigenvalue weighted by atomic mass is 16.6. The van der Waals surface area contributed by atoms with Crippen LogP contribution in [0.15, 0.2) is 33.8 Å². The number of non-ortho nitro benzene ring substituents is 1. The second-order valence-corrected chi connectivity index (χ2v) is 4.99. The minimum atomic E-state index is -0.550. The third-order valence-corrected chi connectivity index (χ3v) is 3.31. The van der Waals surface area contributed by atoms with E-state index in [1.807, 2.05) is 6.92 Å². The summed E-state index contributed by atoms with van der Waals surface area (Å²) in [5.74, 6) is 0.877. The molecule has 118 valence electrons. The lowest BCUT2D eigenvalue weighted by Crippen LogP contribution is -2.21. The molecule has 0 saturated heterocycles. The van der Waals surface area contributed by atoms with Gasteiger partial charge in [-0.1, -0.05) is 12.1 Å². The van der Waals surface area contributed by atoms with Gasteiger partial charge in [0.25, 0.3) is 11.2 Å². The van der Waals surface area contributed by atoms with Crippen molar-refractivity contribution in [1.29, 1.82) is 0 Å². The van der Waals surface area contributed by atoms with Crippen LogP contribution in [0.4, 0.5) is 5.69 Å². The number of hydrogen-bond acceptors (Lipinski definition) is 7. The standard InChI is InChI=1S/C14H13N5O4/c1-2-3-12-16-13(23-17-12)7-18-8-15-11-5-4-9(19(21)22)6-10(11)14(18)20/h4-6,8H,2-3,7H2,1H3. The Hall–Kier alpha value is -3.10. The van der Waals surface area contributed by atoms with Crippen molar-refractivity contribution in [2.24, 2.45) is 0 Å². The molecule has 1 aromatic carbocycles. The summed E-state index contributed by atoms with van der Waals surface area (Å²) in [5.41, 5.74) is -0.153. The van der Waals surface area contributed by atoms with Crippen LogP contribution in [0.25, 0.3) is 10.9 Å². The lowest BCUT2D eigenvalue weighted by Gasteiger charge is -2.03. The molecule has 0 saturated carbocycles. The number of nitro groups is 1. The lowest BCUT2D eigenvalue weighted by atomic mass is 10.2. The van der Waals surface area contributed by atoms with Crippen molar-refractivity contribution in [3.63, 3.8) is 0 Å². The lowest BCUT2D eigenvalue weighted by molar-refractivity contribution is -0.384. The van der Waals surface area contributed by atoms with Crippen molar-refractivity contribution in [2.45, 2.75) is 26.3 Å². The van der Waals surface area contributed by atoms with E-state index in [1.54, 1.807) is 0 Å². The third kappa shape index (κ3) is 2.93. The van der Waals surface area contributed by atoms with Crippen molar-refractivity contribution in [3.8, 4) is 0 Å². The van der Waals surface area contributed by atoms with E-state index in [2.05, 4.69) is 15.1 Å². The van der Waals surface area contributed by atoms with Crippen LogP contribution >= 0.6 is 0 Å². The van der Waals surface area contributed by atoms with E-state index < -0.39 is 10.5 Å². The maximum atomic E-state index is 12.5. The molecule has 0 fully saturated rings. The van der Waals surface area contributed by atoms with Crippen molar-refractivity contribution in [3.05, 3.63) is 56.7 Å². The van der Waals surface area contributed by atoms with Gasteiger partial charge in [0.2, 0.25) is 5.89 Å². The van der Waals surface area contributed by atoms with Crippen LogP contribution in [-0.2, 0) is 13.0 Å². The van der Waals surface area contributed by atoms with E-state index >= 15 is 0 Å². The normalized spacial score (nSPS) is 11.0. The van der Waals surface area contributed by atoms with Crippen LogP contribution < -0.4 is 5.56 Å². The molecular weight excluding hydrogens is 302 g/mol. The second-order valence-electron chi connectivity index (χ2n) is 4.99. The van der Waals surface area contributed by atoms with Gasteiger partial charge >= 0.3 is 0 Å². The van der Waals surface area contributed by atoms with E-state index in [9.17, 15) is 14.9 Å². The van der Waals surface area contributed by atoms with Crippen molar-refractivity contribution < 1.29 is 9.45 Å². The van der Waals surface area contributed by atoms with Gasteiger partial charge in [-0.2, -0.15) is 4.98 Å². The third-order valence-electron chi connectivity index (χ3n) is 3.31. The number of hydrogen-bond donors (Lipinski definition) is 0. The number of aromatic nitrogens is 4. The van der Waals surface area contributed by atoms with Gasteiger partial charge in [-0.15, -0.1) is 0 Å². The Balaban J connectivity index is 1.98. The molecule has 3 rings (SSSR count). The summed E-state index contributed by atoms with van der Waals surface area (Å²) in [6.07, 6.45) is 2.95. The minimum Gasteiger partial charge on any atom is -0.337 e. The van der Waals surface area contributed by atoms with Crippen molar-refractivity contribution in [2.75, 3.05) is 0 Å². The van der Waals surface area contributed by atoms with Crippen LogP contribution in [0.2, 0.25) is 0 Å². The fraction of sp³-hybridized carbons (Fsp3) is 0.286. The number of fused-ring (bicyclic) bond motifs is 1. The molecule has 0 unspecified atom stereocenters. The molecule has 2 heterocycles. The zero-order valence-electron chi connectivity index (χ0n) is 12.3. The zero-order valence-corrected chi connectivity index (χ0v) is 12.3. The molecule has 23 heavy (non-hydrogen) atoms. The highest BCUT2D eigenvalue weighted by Gasteiger charge is 2.13. The van der Waals surface area contributed by atoms with E-state index in [4.69, 9.17) is 4.52 Å². The molecule has 0 aliphatic carbocycles. The Kier molecular flexibility index (Phi) is 3.83. The predicted molar refractivity (Wildman–Crippen MR) is 80.1 cm³/mol. The van der Waals surface area contributed by atoms with Crippen LogP contribution in [0, 0.1) is 10.1 Å². The van der Waals surface area contributed by atoms with E-state index in [0.717, 1.165) is 6.42 Å². The SMILES string of the molecule is CCCc1noc(Cn2cnc3ccc([N+](=O)[O-])cc3c2=O)n1. The Morgan fingerprint density at radius 1 is 1.39 bits per heavy atom. The molecule has 9 heteroatoms. The van der Waals surface area contributed by atoms with Crippen LogP contribution in [0.3, 0.4) is 0 Å². The molecule has 0 aliphatic heterocycles. The number of nitro benzene ring substituents is 1. The Labute approximate surface area is 129 Å². The highest BCUT2D eigenvalue weighted by Crippen LogP contribution is 2.16. The molecule has 0 aliphatic rings. The summed E-state index contributed by atoms with van der Waals surface area (Å²) in [4.78, 5) is 31.1. The number of rotatable bonds is 5. The predicted octanol–water partition coefficient (Wildman–Crippen LogP) is 1.69. The van der Waals surface area contributed by atoms with E-state index in [1.165, 1.54) is 29.1 Å². The van der Waals surface area contributed by atoms with Crippen molar-refractivity contribution in [1.82, 2.24) is 19.7 Å². The summed E-state index contributed by atoms with van der Waals surface area (Å²) in [6, 6.07) is 3.98. The fourth-order valence-electron chi connectivity index (χ4n) is 2.20. The first-order valence-corrected chi connectivity index (χ1v) is 7.03. The molecule has 0 amide bonds. The van der Waals surface area contributed by atoms with Crippen molar-refractivity contribution >= 4 is 16.6 Å². The van der Waals surface area contributed by atoms with Crippen LogP contribution in [0.5, 0.6) is 0 Å². The van der Waals surface area contributed by atoms with Gasteiger partial charge in [-0.25, -0.2) is 4.98 Å². The Bertz CT molecular complexity index is 930. The molecular formula is C14H13N5O4. The van der Waals surface area contributed by atoms with Gasteiger partial charge in [0, 0.05) is 18.6 Å². The summed E-state index contributed by atoms with van der Waals surface area (Å²) < 4.78 is 6.38. The van der Waals surface area contributed by atoms with Gasteiger partial charge in [-0.3, -0.25) is 19.5 Å². The molecule has 3 aromatic rings. The van der Waals surface area contributed by atoms with Gasteiger partial charge < -0.3 is 4.52 Å². The quantitative estimate of drug-likeness (QED) is 0.519. The minimum absolute atomic E-state index is 0.0706. The largest absolute Gasteiger partial charge is 0.337 e. The monoisotopic (exact) mass is 315 g/mol. The van der Waals surface area contributed by atoms with E-state index in [-0.39, 0.29) is 17.6 Å². The van der Waals surface area contributed by atoms with Crippen LogP contribution in [0.1, 0.15) is 25.1 Å². The summed E-state index contributed by atoms with van der Waals surface area (Å²) in [5, 5.41) is 14.8. The summed E-state index contributed by atoms with van der Waals surface area (Å²) in [6.45, 7) is 2.07. The molecule has 0 radical (unpaired) electrons. The van der Waals surface area contributed by atoms with Gasteiger partial charge in [0.15, 0.2) is 5.82 Å². The topological polar surface area (TPSA) is 117 Å². The average Bonchev–Trinajstić information content (AvgIpc) is 2.97. The maximum absolute atomic E-state index is 12.5. The summed E-state index contributed by atoms with van der Waals surface area (Å²) >= 11 is 0. The molecule has 2 aromatic heterocycles. The summed E-state index contributed by atoms with van der Waals surface area (Å²) in [7, 11) is 0. The number of benzene rings is 1. The van der Waals surface area contributed by atoms with Crippen LogP contribution in [-0.4, -0.2) is 24.6 Å². The average molecular weight is 315 g/mol. The fourth-order valence-corrected chi connectivity index (χ4v) is 2.20. The maximum Gasteiger partial charge on any atom is 0.270 e. The first-order chi connectivity index (χ1) is 11.1. The van der Waals surface area contributed by atoms with E-state index in [0.29, 0.717) is 23.7 Å². The first kappa shape index (κ1) is 14.8. The first-order valence-electron chi connectivity index (χ1n) is 7.03.